The lowest BCUT2D eigenvalue weighted by Crippen LogP contribution is -2.57. The lowest BCUT2D eigenvalue weighted by atomic mass is 10.0. The number of ether oxygens (including phenoxy) is 3. The molecule has 0 radical (unpaired) electrons. The second kappa shape index (κ2) is 14.6. The number of hydrogen-bond donors (Lipinski definition) is 0. The molecule has 8 rings (SSSR count). The number of likely N-dealkylation sites (N-methyl/N-ethyl adjacent to an activating group) is 1. The normalized spacial score (nSPS) is 21.6. The highest BCUT2D eigenvalue weighted by Gasteiger charge is 2.45. The van der Waals surface area contributed by atoms with E-state index in [2.05, 4.69) is 9.97 Å². The van der Waals surface area contributed by atoms with E-state index in [4.69, 9.17) is 30.8 Å². The van der Waals surface area contributed by atoms with Crippen molar-refractivity contribution >= 4 is 55.4 Å². The van der Waals surface area contributed by atoms with Crippen LogP contribution in [0.3, 0.4) is 0 Å². The SMILES string of the molecule is CN1C[C@H](Oc2cccc(S(=O)(=O)F)c2)C[C@H]1COc1nc(N2CC3CCC(C2)N3C(=O)OC(C)(C)C)c2cnc(-c3cccc4cccc(Cl)c34)c(F)c2n1. The van der Waals surface area contributed by atoms with E-state index in [-0.39, 0.29) is 59.9 Å². The van der Waals surface area contributed by atoms with E-state index >= 15 is 4.39 Å². The topological polar surface area (TPSA) is 127 Å². The van der Waals surface area contributed by atoms with Crippen molar-refractivity contribution in [2.75, 3.05) is 38.2 Å². The molecule has 3 saturated heterocycles. The minimum Gasteiger partial charge on any atom is -0.489 e. The summed E-state index contributed by atoms with van der Waals surface area (Å²) in [5.74, 6) is 0.0328. The molecule has 2 bridgehead atoms. The van der Waals surface area contributed by atoms with E-state index in [1.54, 1.807) is 24.4 Å². The van der Waals surface area contributed by atoms with Gasteiger partial charge in [0.2, 0.25) is 0 Å². The number of likely N-dealkylation sites (tertiary alicyclic amines) is 1. The smallest absolute Gasteiger partial charge is 0.410 e. The largest absolute Gasteiger partial charge is 0.489 e. The molecule has 2 aromatic heterocycles. The predicted molar refractivity (Wildman–Crippen MR) is 208 cm³/mol. The van der Waals surface area contributed by atoms with Crippen LogP contribution in [0.25, 0.3) is 32.9 Å². The van der Waals surface area contributed by atoms with Crippen LogP contribution in [0, 0.1) is 5.82 Å². The molecule has 0 aliphatic carbocycles. The number of aromatic nitrogens is 3. The summed E-state index contributed by atoms with van der Waals surface area (Å²) in [6.45, 7) is 7.05. The molecule has 0 spiro atoms. The maximum absolute atomic E-state index is 17.0. The van der Waals surface area contributed by atoms with Crippen LogP contribution in [0.4, 0.5) is 18.9 Å². The van der Waals surface area contributed by atoms with E-state index in [0.29, 0.717) is 53.2 Å². The van der Waals surface area contributed by atoms with Gasteiger partial charge in [-0.25, -0.2) is 9.18 Å². The third-order valence-electron chi connectivity index (χ3n) is 10.6. The van der Waals surface area contributed by atoms with Gasteiger partial charge in [-0.3, -0.25) is 14.8 Å². The number of anilines is 1. The Morgan fingerprint density at radius 2 is 1.71 bits per heavy atom. The molecule has 3 fully saturated rings. The molecule has 3 aliphatic rings. The van der Waals surface area contributed by atoms with Crippen molar-refractivity contribution in [2.24, 2.45) is 0 Å². The molecular weight excluding hydrogens is 766 g/mol. The molecule has 4 atom stereocenters. The fourth-order valence-corrected chi connectivity index (χ4v) is 8.85. The highest BCUT2D eigenvalue weighted by atomic mass is 35.5. The minimum absolute atomic E-state index is 0.0277. The summed E-state index contributed by atoms with van der Waals surface area (Å²) in [4.78, 5) is 32.8. The molecule has 1 amide bonds. The van der Waals surface area contributed by atoms with Gasteiger partial charge in [-0.1, -0.05) is 48.0 Å². The molecule has 0 N–H and O–H groups in total. The number of carbonyl (C=O) groups excluding carboxylic acids is 1. The quantitative estimate of drug-likeness (QED) is 0.146. The van der Waals surface area contributed by atoms with Gasteiger partial charge < -0.3 is 19.1 Å². The number of halogens is 3. The van der Waals surface area contributed by atoms with Crippen molar-refractivity contribution < 1.29 is 35.7 Å². The van der Waals surface area contributed by atoms with Gasteiger partial charge in [0.15, 0.2) is 5.82 Å². The molecule has 12 nitrogen and oxygen atoms in total. The van der Waals surface area contributed by atoms with Gasteiger partial charge >= 0.3 is 22.3 Å². The lowest BCUT2D eigenvalue weighted by molar-refractivity contribution is 0.0122. The van der Waals surface area contributed by atoms with Crippen molar-refractivity contribution in [2.45, 2.75) is 74.8 Å². The summed E-state index contributed by atoms with van der Waals surface area (Å²) in [6.07, 6.45) is 2.97. The Bertz CT molecular complexity index is 2430. The van der Waals surface area contributed by atoms with Crippen LogP contribution in [0.2, 0.25) is 5.02 Å². The zero-order chi connectivity index (χ0) is 39.5. The summed E-state index contributed by atoms with van der Waals surface area (Å²) in [6, 6.07) is 15.9. The minimum atomic E-state index is -4.88. The van der Waals surface area contributed by atoms with Crippen LogP contribution >= 0.6 is 11.6 Å². The number of benzene rings is 3. The molecule has 294 valence electrons. The van der Waals surface area contributed by atoms with Gasteiger partial charge in [0.05, 0.1) is 17.5 Å². The molecule has 16 heteroatoms. The summed E-state index contributed by atoms with van der Waals surface area (Å²) in [7, 11) is -2.98. The average Bonchev–Trinajstić information content (AvgIpc) is 3.63. The lowest BCUT2D eigenvalue weighted by Gasteiger charge is -2.42. The molecule has 56 heavy (non-hydrogen) atoms. The first-order chi connectivity index (χ1) is 26.6. The third kappa shape index (κ3) is 7.51. The van der Waals surface area contributed by atoms with E-state index < -0.39 is 26.5 Å². The molecule has 5 aromatic rings. The van der Waals surface area contributed by atoms with E-state index in [1.807, 2.05) is 66.8 Å². The van der Waals surface area contributed by atoms with Gasteiger partial charge in [-0.15, -0.1) is 3.89 Å². The second-order valence-corrected chi connectivity index (χ2v) is 17.4. The fourth-order valence-electron chi connectivity index (χ4n) is 8.07. The maximum Gasteiger partial charge on any atom is 0.410 e. The Labute approximate surface area is 328 Å². The van der Waals surface area contributed by atoms with E-state index in [9.17, 15) is 17.1 Å². The van der Waals surface area contributed by atoms with Crippen molar-refractivity contribution in [3.05, 3.63) is 77.7 Å². The first kappa shape index (κ1) is 38.0. The van der Waals surface area contributed by atoms with Crippen LogP contribution in [-0.4, -0.2) is 102 Å². The molecule has 3 aliphatic heterocycles. The predicted octanol–water partition coefficient (Wildman–Crippen LogP) is 7.41. The third-order valence-corrected chi connectivity index (χ3v) is 11.7. The number of piperazine rings is 1. The van der Waals surface area contributed by atoms with Crippen molar-refractivity contribution in [1.82, 2.24) is 24.8 Å². The number of carbonyl (C=O) groups is 1. The van der Waals surface area contributed by atoms with E-state index in [1.165, 1.54) is 12.1 Å². The number of pyridine rings is 1. The number of rotatable bonds is 8. The van der Waals surface area contributed by atoms with Crippen LogP contribution < -0.4 is 14.4 Å². The fraction of sp³-hybridized carbons (Fsp3) is 0.400. The number of fused-ring (bicyclic) bond motifs is 4. The first-order valence-electron chi connectivity index (χ1n) is 18.5. The van der Waals surface area contributed by atoms with Gasteiger partial charge in [0, 0.05) is 60.3 Å². The second-order valence-electron chi connectivity index (χ2n) is 15.6. The zero-order valence-corrected chi connectivity index (χ0v) is 32.9. The van der Waals surface area contributed by atoms with Crippen LogP contribution in [-0.2, 0) is 15.0 Å². The first-order valence-corrected chi connectivity index (χ1v) is 20.2. The van der Waals surface area contributed by atoms with Gasteiger partial charge in [0.25, 0.3) is 0 Å². The monoisotopic (exact) mass is 806 g/mol. The number of hydrogen-bond acceptors (Lipinski definition) is 11. The Morgan fingerprint density at radius 1 is 1.00 bits per heavy atom. The van der Waals surface area contributed by atoms with Crippen molar-refractivity contribution in [1.29, 1.82) is 0 Å². The summed E-state index contributed by atoms with van der Waals surface area (Å²) >= 11 is 6.64. The number of nitrogens with zero attached hydrogens (tertiary/aromatic N) is 6. The molecule has 5 heterocycles. The molecule has 2 unspecified atom stereocenters. The van der Waals surface area contributed by atoms with Crippen molar-refractivity contribution in [3.8, 4) is 23.0 Å². The summed E-state index contributed by atoms with van der Waals surface area (Å²) < 4.78 is 71.5. The van der Waals surface area contributed by atoms with Gasteiger partial charge in [-0.05, 0) is 64.2 Å². The molecule has 3 aromatic carbocycles. The Kier molecular flexibility index (Phi) is 9.90. The van der Waals surface area contributed by atoms with Gasteiger partial charge in [0.1, 0.15) is 46.0 Å². The Balaban J connectivity index is 1.11. The number of amides is 1. The molecular formula is C40H41ClF2N6O6S. The van der Waals surface area contributed by atoms with Crippen LogP contribution in [0.1, 0.15) is 40.0 Å². The van der Waals surface area contributed by atoms with Crippen LogP contribution in [0.15, 0.2) is 71.8 Å². The van der Waals surface area contributed by atoms with Crippen molar-refractivity contribution in [3.63, 3.8) is 0 Å². The average molecular weight is 807 g/mol. The maximum atomic E-state index is 17.0. The van der Waals surface area contributed by atoms with Gasteiger partial charge in [-0.2, -0.15) is 18.4 Å². The Hall–Kier alpha value is -4.86. The summed E-state index contributed by atoms with van der Waals surface area (Å²) in [5.41, 5.74) is 0.0000169. The summed E-state index contributed by atoms with van der Waals surface area (Å²) in [5, 5.41) is 2.37. The molecule has 0 saturated carbocycles. The highest BCUT2D eigenvalue weighted by molar-refractivity contribution is 7.86. The Morgan fingerprint density at radius 3 is 2.43 bits per heavy atom. The van der Waals surface area contributed by atoms with Crippen LogP contribution in [0.5, 0.6) is 11.8 Å². The zero-order valence-electron chi connectivity index (χ0n) is 31.3. The van der Waals surface area contributed by atoms with E-state index in [0.717, 1.165) is 24.3 Å². The highest BCUT2D eigenvalue weighted by Crippen LogP contribution is 2.40. The standard InChI is InChI=1S/C40H41ClF2N6O6S/c1-40(2,3)55-39(50)49-24-14-15-25(49)20-48(19-24)37-31-18-44-35(30-12-5-8-23-9-6-13-32(41)33(23)30)34(42)36(31)45-38(46-37)53-22-26-16-28(21-47(26)4)54-27-10-7-11-29(17-27)56(43,51)52/h5-13,17-18,24-26,28H,14-16,19-22H2,1-4H3/t24?,25?,26-,28+/m0/s1.